The van der Waals surface area contributed by atoms with Gasteiger partial charge in [0, 0.05) is 21.8 Å². The van der Waals surface area contributed by atoms with E-state index in [1.807, 2.05) is 18.2 Å². The van der Waals surface area contributed by atoms with Crippen LogP contribution in [-0.4, -0.2) is 9.32 Å². The molecule has 0 radical (unpaired) electrons. The highest BCUT2D eigenvalue weighted by atomic mass is 32.2. The van der Waals surface area contributed by atoms with Crippen LogP contribution in [0.1, 0.15) is 11.1 Å². The monoisotopic (exact) mass is 260 g/mol. The minimum absolute atomic E-state index is 0.248. The maximum absolute atomic E-state index is 11.5. The molecule has 0 saturated heterocycles. The van der Waals surface area contributed by atoms with E-state index in [4.69, 9.17) is 0 Å². The summed E-state index contributed by atoms with van der Waals surface area (Å²) < 4.78 is 11.5. The Labute approximate surface area is 105 Å². The maximum Gasteiger partial charge on any atom is 0.137 e. The Bertz CT molecular complexity index is 692. The zero-order valence-corrected chi connectivity index (χ0v) is 10.4. The normalized spacial score (nSPS) is 19.2. The van der Waals surface area contributed by atoms with Crippen LogP contribution in [0.15, 0.2) is 49.9 Å². The number of benzene rings is 2. The highest BCUT2D eigenvalue weighted by Crippen LogP contribution is 2.52. The quantitative estimate of drug-likeness (QED) is 0.494. The first-order valence-corrected chi connectivity index (χ1v) is 7.28. The molecule has 0 aliphatic carbocycles. The lowest BCUT2D eigenvalue weighted by Gasteiger charge is -2.18. The molecule has 0 fully saturated rings. The van der Waals surface area contributed by atoms with Gasteiger partial charge in [-0.1, -0.05) is 30.0 Å². The van der Waals surface area contributed by atoms with Gasteiger partial charge in [-0.3, -0.25) is 0 Å². The highest BCUT2D eigenvalue weighted by molar-refractivity contribution is 7.99. The molecule has 0 spiro atoms. The number of aromatic hydroxyl groups is 1. The number of fused-ring (bicyclic) bond motifs is 3. The summed E-state index contributed by atoms with van der Waals surface area (Å²) in [6, 6.07) is 10.1. The second-order valence-electron chi connectivity index (χ2n) is 4.18. The Hall–Kier alpha value is -1.26. The smallest absolute Gasteiger partial charge is 0.137 e. The van der Waals surface area contributed by atoms with Gasteiger partial charge in [0.05, 0.1) is 15.7 Å². The Morgan fingerprint density at radius 3 is 2.94 bits per heavy atom. The van der Waals surface area contributed by atoms with Crippen molar-refractivity contribution in [2.24, 2.45) is 0 Å². The fourth-order valence-corrected chi connectivity index (χ4v) is 4.52. The van der Waals surface area contributed by atoms with Gasteiger partial charge >= 0.3 is 0 Å². The van der Waals surface area contributed by atoms with E-state index in [0.717, 1.165) is 21.8 Å². The Kier molecular flexibility index (Phi) is 1.80. The highest BCUT2D eigenvalue weighted by Gasteiger charge is 2.37. The van der Waals surface area contributed by atoms with Crippen LogP contribution in [0.5, 0.6) is 5.75 Å². The molecule has 0 bridgehead atoms. The molecule has 1 N–H and O–H groups in total. The van der Waals surface area contributed by atoms with Crippen LogP contribution in [0.25, 0.3) is 0 Å². The van der Waals surface area contributed by atoms with Gasteiger partial charge in [-0.15, -0.1) is 0 Å². The number of hydrogen-bond acceptors (Lipinski definition) is 3. The zero-order valence-electron chi connectivity index (χ0n) is 8.77. The van der Waals surface area contributed by atoms with Gasteiger partial charge in [0.1, 0.15) is 10.6 Å². The van der Waals surface area contributed by atoms with Crippen LogP contribution in [-0.2, 0) is 17.2 Å². The summed E-state index contributed by atoms with van der Waals surface area (Å²) in [4.78, 5) is 3.72. The van der Waals surface area contributed by atoms with E-state index in [2.05, 4.69) is 12.1 Å². The van der Waals surface area contributed by atoms with Gasteiger partial charge in [-0.2, -0.15) is 0 Å². The molecule has 2 aromatic rings. The fraction of sp³-hybridized carbons (Fsp3) is 0.0769. The Balaban J connectivity index is 1.93. The van der Waals surface area contributed by atoms with E-state index in [1.54, 1.807) is 11.8 Å². The van der Waals surface area contributed by atoms with Crippen molar-refractivity contribution >= 4 is 22.6 Å². The number of hydrogen-bond donors (Lipinski definition) is 1. The van der Waals surface area contributed by atoms with E-state index < -0.39 is 10.8 Å². The van der Waals surface area contributed by atoms with Crippen LogP contribution >= 0.6 is 11.8 Å². The van der Waals surface area contributed by atoms with Gasteiger partial charge < -0.3 is 5.11 Å². The third kappa shape index (κ3) is 1.25. The average molecular weight is 260 g/mol. The summed E-state index contributed by atoms with van der Waals surface area (Å²) in [6.45, 7) is 0. The lowest BCUT2D eigenvalue weighted by atomic mass is 10.0. The van der Waals surface area contributed by atoms with Crippen molar-refractivity contribution < 1.29 is 9.32 Å². The fourth-order valence-electron chi connectivity index (χ4n) is 2.25. The minimum Gasteiger partial charge on any atom is -0.506 e. The first-order valence-electron chi connectivity index (χ1n) is 5.32. The van der Waals surface area contributed by atoms with Crippen molar-refractivity contribution in [3.63, 3.8) is 0 Å². The standard InChI is InChI=1S/C13H8O2S2/c14-12-8-5-7-3-1-2-4-9(7)16-10(8)6-11-13(12)17(11)15/h1-4,6,14H,5H2. The molecule has 2 aromatic carbocycles. The van der Waals surface area contributed by atoms with E-state index in [0.29, 0.717) is 4.90 Å². The molecule has 2 heterocycles. The second kappa shape index (κ2) is 3.15. The van der Waals surface area contributed by atoms with Crippen molar-refractivity contribution in [2.75, 3.05) is 0 Å². The molecule has 2 aliphatic heterocycles. The topological polar surface area (TPSA) is 37.3 Å². The van der Waals surface area contributed by atoms with E-state index in [9.17, 15) is 9.32 Å². The molecule has 84 valence electrons. The molecule has 17 heavy (non-hydrogen) atoms. The lowest BCUT2D eigenvalue weighted by Crippen LogP contribution is -1.99. The Morgan fingerprint density at radius 2 is 2.06 bits per heavy atom. The summed E-state index contributed by atoms with van der Waals surface area (Å²) in [5, 5.41) is 10.1. The SMILES string of the molecule is O=S1c2cc3c(c(O)c21)Cc1ccccc1S3. The van der Waals surface area contributed by atoms with Crippen LogP contribution < -0.4 is 0 Å². The summed E-state index contributed by atoms with van der Waals surface area (Å²) in [5.74, 6) is 0.248. The molecule has 4 heteroatoms. The maximum atomic E-state index is 11.5. The predicted molar refractivity (Wildman–Crippen MR) is 66.2 cm³/mol. The average Bonchev–Trinajstić information content (AvgIpc) is 2.99. The number of rotatable bonds is 0. The molecule has 2 nitrogen and oxygen atoms in total. The van der Waals surface area contributed by atoms with Crippen LogP contribution in [0.2, 0.25) is 0 Å². The van der Waals surface area contributed by atoms with Gasteiger partial charge in [-0.25, -0.2) is 4.21 Å². The van der Waals surface area contributed by atoms with Crippen LogP contribution in [0.4, 0.5) is 0 Å². The summed E-state index contributed by atoms with van der Waals surface area (Å²) in [6.07, 6.45) is 0.731. The summed E-state index contributed by atoms with van der Waals surface area (Å²) in [7, 11) is -1.05. The lowest BCUT2D eigenvalue weighted by molar-refractivity contribution is 0.453. The molecule has 4 rings (SSSR count). The predicted octanol–water partition coefficient (Wildman–Crippen LogP) is 2.93. The molecule has 0 amide bonds. The summed E-state index contributed by atoms with van der Waals surface area (Å²) in [5.41, 5.74) is 2.16. The number of phenols is 1. The third-order valence-corrected chi connectivity index (χ3v) is 5.69. The van der Waals surface area contributed by atoms with E-state index >= 15 is 0 Å². The van der Waals surface area contributed by atoms with Crippen molar-refractivity contribution in [1.29, 1.82) is 0 Å². The van der Waals surface area contributed by atoms with Gasteiger partial charge in [-0.05, 0) is 17.7 Å². The number of phenolic OH excluding ortho intramolecular Hbond substituents is 1. The second-order valence-corrected chi connectivity index (χ2v) is 6.65. The molecule has 1 atom stereocenters. The van der Waals surface area contributed by atoms with E-state index in [-0.39, 0.29) is 5.75 Å². The molecule has 0 aromatic heterocycles. The molecule has 2 aliphatic rings. The van der Waals surface area contributed by atoms with Gasteiger partial charge in [0.2, 0.25) is 0 Å². The molecule has 1 unspecified atom stereocenters. The van der Waals surface area contributed by atoms with E-state index in [1.165, 1.54) is 10.5 Å². The minimum atomic E-state index is -1.05. The molecular formula is C13H8O2S2. The van der Waals surface area contributed by atoms with Crippen molar-refractivity contribution in [3.8, 4) is 5.75 Å². The Morgan fingerprint density at radius 1 is 1.24 bits per heavy atom. The van der Waals surface area contributed by atoms with Crippen LogP contribution in [0.3, 0.4) is 0 Å². The van der Waals surface area contributed by atoms with Gasteiger partial charge in [0.25, 0.3) is 0 Å². The zero-order chi connectivity index (χ0) is 11.6. The molecular weight excluding hydrogens is 252 g/mol. The van der Waals surface area contributed by atoms with Crippen LogP contribution in [0, 0.1) is 0 Å². The summed E-state index contributed by atoms with van der Waals surface area (Å²) >= 11 is 1.65. The van der Waals surface area contributed by atoms with Gasteiger partial charge in [0.15, 0.2) is 0 Å². The van der Waals surface area contributed by atoms with Crippen molar-refractivity contribution in [3.05, 3.63) is 41.5 Å². The first-order chi connectivity index (χ1) is 8.25. The van der Waals surface area contributed by atoms with Crippen molar-refractivity contribution in [1.82, 2.24) is 0 Å². The molecule has 0 saturated carbocycles. The third-order valence-electron chi connectivity index (χ3n) is 3.19. The first kappa shape index (κ1) is 9.74. The largest absolute Gasteiger partial charge is 0.506 e. The van der Waals surface area contributed by atoms with Crippen molar-refractivity contribution in [2.45, 2.75) is 26.0 Å².